The number of nitrogens with one attached hydrogen (secondary N) is 2. The highest BCUT2D eigenvalue weighted by Gasteiger charge is 2.22. The largest absolute Gasteiger partial charge is 0.360 e. The summed E-state index contributed by atoms with van der Waals surface area (Å²) in [7, 11) is -3.79. The molecule has 0 saturated carbocycles. The summed E-state index contributed by atoms with van der Waals surface area (Å²) < 4.78 is 32.9. The van der Waals surface area contributed by atoms with Crippen molar-refractivity contribution in [3.8, 4) is 0 Å². The number of aliphatic imine (C=N–C) groups is 1. The Morgan fingerprint density at radius 3 is 2.68 bits per heavy atom. The van der Waals surface area contributed by atoms with Crippen LogP contribution in [0.2, 0.25) is 0 Å². The van der Waals surface area contributed by atoms with Crippen LogP contribution in [0.15, 0.2) is 44.7 Å². The fourth-order valence-corrected chi connectivity index (χ4v) is 5.52. The van der Waals surface area contributed by atoms with Gasteiger partial charge in [-0.05, 0) is 37.6 Å². The number of aromatic nitrogens is 1. The Labute approximate surface area is 172 Å². The first-order chi connectivity index (χ1) is 13.4. The maximum Gasteiger partial charge on any atom is 0.263 e. The van der Waals surface area contributed by atoms with E-state index in [1.807, 2.05) is 6.92 Å². The Hall–Kier alpha value is -1.98. The van der Waals surface area contributed by atoms with Crippen molar-refractivity contribution in [1.29, 1.82) is 0 Å². The monoisotopic (exact) mass is 440 g/mol. The maximum atomic E-state index is 12.5. The van der Waals surface area contributed by atoms with Crippen LogP contribution in [0.1, 0.15) is 19.1 Å². The number of sulfonamides is 1. The van der Waals surface area contributed by atoms with Gasteiger partial charge < -0.3 is 9.84 Å². The van der Waals surface area contributed by atoms with E-state index in [9.17, 15) is 13.2 Å². The zero-order valence-electron chi connectivity index (χ0n) is 15.3. The molecule has 0 saturated heterocycles. The molecule has 2 heterocycles. The van der Waals surface area contributed by atoms with Crippen molar-refractivity contribution in [1.82, 2.24) is 5.16 Å². The van der Waals surface area contributed by atoms with Gasteiger partial charge in [-0.1, -0.05) is 35.6 Å². The van der Waals surface area contributed by atoms with Crippen LogP contribution in [-0.4, -0.2) is 41.4 Å². The molecule has 2 aromatic rings. The topological polar surface area (TPSA) is 114 Å². The molecule has 3 rings (SSSR count). The summed E-state index contributed by atoms with van der Waals surface area (Å²) in [5, 5.41) is 6.20. The highest BCUT2D eigenvalue weighted by Crippen LogP contribution is 2.28. The molecule has 1 amide bonds. The maximum absolute atomic E-state index is 12.5. The zero-order chi connectivity index (χ0) is 20.1. The summed E-state index contributed by atoms with van der Waals surface area (Å²) in [6, 6.07) is 7.45. The molecule has 0 radical (unpaired) electrons. The van der Waals surface area contributed by atoms with Gasteiger partial charge in [0.2, 0.25) is 5.91 Å². The Morgan fingerprint density at radius 1 is 1.36 bits per heavy atom. The van der Waals surface area contributed by atoms with Crippen molar-refractivity contribution in [3.05, 3.63) is 36.1 Å². The van der Waals surface area contributed by atoms with Crippen molar-refractivity contribution in [2.45, 2.75) is 30.4 Å². The van der Waals surface area contributed by atoms with E-state index in [-0.39, 0.29) is 21.9 Å². The van der Waals surface area contributed by atoms with Crippen molar-refractivity contribution in [3.63, 3.8) is 0 Å². The van der Waals surface area contributed by atoms with Gasteiger partial charge in [0.15, 0.2) is 5.82 Å². The standard InChI is InChI=1S/C17H20N4O4S3/c1-3-14(27-17-18-8-9-26-17)16(22)19-12-4-6-13(7-5-12)28(23,24)21-15-10-11(2)25-20-15/h4-7,10,14H,3,8-9H2,1-2H3,(H,19,22)(H,20,21). The van der Waals surface area contributed by atoms with Crippen LogP contribution < -0.4 is 10.0 Å². The fourth-order valence-electron chi connectivity index (χ4n) is 2.38. The summed E-state index contributed by atoms with van der Waals surface area (Å²) in [6.45, 7) is 4.41. The molecule has 0 aliphatic carbocycles. The first-order valence-electron chi connectivity index (χ1n) is 8.58. The Balaban J connectivity index is 1.63. The van der Waals surface area contributed by atoms with E-state index in [0.29, 0.717) is 17.9 Å². The van der Waals surface area contributed by atoms with Crippen LogP contribution in [0.25, 0.3) is 0 Å². The lowest BCUT2D eigenvalue weighted by atomic mass is 10.3. The Bertz CT molecular complexity index is 971. The van der Waals surface area contributed by atoms with E-state index >= 15 is 0 Å². The smallest absolute Gasteiger partial charge is 0.263 e. The molecule has 1 aliphatic rings. The van der Waals surface area contributed by atoms with Gasteiger partial charge in [0, 0.05) is 17.5 Å². The number of hydrogen-bond acceptors (Lipinski definition) is 8. The minimum absolute atomic E-state index is 0.0595. The Morgan fingerprint density at radius 2 is 2.11 bits per heavy atom. The van der Waals surface area contributed by atoms with Gasteiger partial charge in [-0.25, -0.2) is 8.42 Å². The van der Waals surface area contributed by atoms with E-state index in [0.717, 1.165) is 16.7 Å². The Kier molecular flexibility index (Phi) is 6.68. The normalized spacial score (nSPS) is 15.1. The summed E-state index contributed by atoms with van der Waals surface area (Å²) in [6.07, 6.45) is 0.670. The first-order valence-corrected chi connectivity index (χ1v) is 11.9. The molecule has 8 nitrogen and oxygen atoms in total. The number of rotatable bonds is 7. The number of hydrogen-bond donors (Lipinski definition) is 2. The summed E-state index contributed by atoms with van der Waals surface area (Å²) in [4.78, 5) is 16.9. The first kappa shape index (κ1) is 20.7. The summed E-state index contributed by atoms with van der Waals surface area (Å²) >= 11 is 3.13. The molecule has 1 aromatic carbocycles. The minimum Gasteiger partial charge on any atom is -0.360 e. The molecule has 1 aromatic heterocycles. The molecule has 1 atom stereocenters. The molecular formula is C17H20N4O4S3. The number of thioether (sulfide) groups is 2. The molecule has 1 aliphatic heterocycles. The van der Waals surface area contributed by atoms with Crippen LogP contribution >= 0.6 is 23.5 Å². The molecule has 11 heteroatoms. The summed E-state index contributed by atoms with van der Waals surface area (Å²) in [5.74, 6) is 1.44. The molecule has 1 unspecified atom stereocenters. The quantitative estimate of drug-likeness (QED) is 0.679. The molecule has 2 N–H and O–H groups in total. The SMILES string of the molecule is CCC(SC1=NCCS1)C(=O)Nc1ccc(S(=O)(=O)Nc2cc(C)on2)cc1. The zero-order valence-corrected chi connectivity index (χ0v) is 17.8. The van der Waals surface area contributed by atoms with Crippen molar-refractivity contribution < 1.29 is 17.7 Å². The second-order valence-corrected chi connectivity index (χ2v) is 10.2. The van der Waals surface area contributed by atoms with E-state index in [2.05, 4.69) is 20.2 Å². The number of aryl methyl sites for hydroxylation is 1. The molecule has 0 bridgehead atoms. The lowest BCUT2D eigenvalue weighted by Gasteiger charge is -2.14. The van der Waals surface area contributed by atoms with Crippen LogP contribution in [0.4, 0.5) is 11.5 Å². The third-order valence-corrected chi connectivity index (χ3v) is 7.70. The van der Waals surface area contributed by atoms with Gasteiger partial charge in [0.25, 0.3) is 10.0 Å². The van der Waals surface area contributed by atoms with Crippen molar-refractivity contribution in [2.24, 2.45) is 4.99 Å². The third kappa shape index (κ3) is 5.30. The van der Waals surface area contributed by atoms with Crippen LogP contribution in [-0.2, 0) is 14.8 Å². The number of benzene rings is 1. The predicted octanol–water partition coefficient (Wildman–Crippen LogP) is 3.34. The lowest BCUT2D eigenvalue weighted by molar-refractivity contribution is -0.115. The lowest BCUT2D eigenvalue weighted by Crippen LogP contribution is -2.25. The highest BCUT2D eigenvalue weighted by atomic mass is 32.2. The molecule has 150 valence electrons. The van der Waals surface area contributed by atoms with Crippen molar-refractivity contribution >= 4 is 55.3 Å². The predicted molar refractivity (Wildman–Crippen MR) is 114 cm³/mol. The molecule has 0 fully saturated rings. The van der Waals surface area contributed by atoms with Crippen LogP contribution in [0.5, 0.6) is 0 Å². The molecule has 28 heavy (non-hydrogen) atoms. The van der Waals surface area contributed by atoms with Gasteiger partial charge in [-0.3, -0.25) is 14.5 Å². The number of nitrogens with zero attached hydrogens (tertiary/aromatic N) is 2. The molecular weight excluding hydrogens is 420 g/mol. The van der Waals surface area contributed by atoms with Gasteiger partial charge >= 0.3 is 0 Å². The number of carbonyl (C=O) groups is 1. The third-order valence-electron chi connectivity index (χ3n) is 3.76. The average Bonchev–Trinajstić information content (AvgIpc) is 3.31. The van der Waals surface area contributed by atoms with Crippen LogP contribution in [0.3, 0.4) is 0 Å². The highest BCUT2D eigenvalue weighted by molar-refractivity contribution is 8.39. The van der Waals surface area contributed by atoms with Gasteiger partial charge in [0.1, 0.15) is 10.1 Å². The second-order valence-electron chi connectivity index (χ2n) is 5.95. The van der Waals surface area contributed by atoms with E-state index in [4.69, 9.17) is 4.52 Å². The molecule has 0 spiro atoms. The minimum atomic E-state index is -3.79. The van der Waals surface area contributed by atoms with E-state index in [1.54, 1.807) is 30.8 Å². The van der Waals surface area contributed by atoms with Gasteiger partial charge in [0.05, 0.1) is 16.7 Å². The van der Waals surface area contributed by atoms with Gasteiger partial charge in [-0.2, -0.15) is 0 Å². The van der Waals surface area contributed by atoms with E-state index in [1.165, 1.54) is 30.0 Å². The average molecular weight is 441 g/mol. The fraction of sp³-hybridized carbons (Fsp3) is 0.353. The van der Waals surface area contributed by atoms with Crippen LogP contribution in [0, 0.1) is 6.92 Å². The number of amides is 1. The van der Waals surface area contributed by atoms with E-state index < -0.39 is 10.0 Å². The van der Waals surface area contributed by atoms with Crippen molar-refractivity contribution in [2.75, 3.05) is 22.3 Å². The number of anilines is 2. The number of carbonyl (C=O) groups excluding carboxylic acids is 1. The van der Waals surface area contributed by atoms with Gasteiger partial charge in [-0.15, -0.1) is 0 Å². The second kappa shape index (κ2) is 9.01. The summed E-state index contributed by atoms with van der Waals surface area (Å²) in [5.41, 5.74) is 0.529.